The van der Waals surface area contributed by atoms with Gasteiger partial charge in [0.25, 0.3) is 0 Å². The topological polar surface area (TPSA) is 55.1 Å². The van der Waals surface area contributed by atoms with Crippen LogP contribution in [-0.4, -0.2) is 19.0 Å². The van der Waals surface area contributed by atoms with E-state index in [0.717, 1.165) is 13.1 Å². The molecule has 1 aliphatic heterocycles. The number of amides is 1. The molecule has 1 amide bonds. The van der Waals surface area contributed by atoms with Crippen molar-refractivity contribution in [3.8, 4) is 0 Å². The van der Waals surface area contributed by atoms with Crippen molar-refractivity contribution < 1.29 is 4.79 Å². The summed E-state index contributed by atoms with van der Waals surface area (Å²) >= 11 is 0. The number of hydrogen-bond donors (Lipinski definition) is 2. The summed E-state index contributed by atoms with van der Waals surface area (Å²) in [5.41, 5.74) is 7.09. The van der Waals surface area contributed by atoms with Crippen molar-refractivity contribution in [1.29, 1.82) is 0 Å². The van der Waals surface area contributed by atoms with Gasteiger partial charge in [-0.2, -0.15) is 0 Å². The van der Waals surface area contributed by atoms with Gasteiger partial charge in [-0.25, -0.2) is 0 Å². The Hall–Kier alpha value is -1.06. The Labute approximate surface area is 102 Å². The van der Waals surface area contributed by atoms with Crippen LogP contribution in [0.15, 0.2) is 24.3 Å². The first-order valence-electron chi connectivity index (χ1n) is 5.38. The summed E-state index contributed by atoms with van der Waals surface area (Å²) in [5.74, 6) is 0.179. The van der Waals surface area contributed by atoms with Crippen molar-refractivity contribution in [3.63, 3.8) is 0 Å². The zero-order valence-corrected chi connectivity index (χ0v) is 9.93. The van der Waals surface area contributed by atoms with E-state index in [1.807, 2.05) is 12.1 Å². The molecule has 4 heteroatoms. The van der Waals surface area contributed by atoms with E-state index >= 15 is 0 Å². The summed E-state index contributed by atoms with van der Waals surface area (Å²) in [6, 6.07) is 7.66. The SMILES string of the molecule is Cl.NC(=O)c1cccc([C@H]2CCCNC2)c1. The molecule has 1 saturated heterocycles. The van der Waals surface area contributed by atoms with Crippen LogP contribution >= 0.6 is 12.4 Å². The average Bonchev–Trinajstić information content (AvgIpc) is 2.30. The Balaban J connectivity index is 0.00000128. The van der Waals surface area contributed by atoms with E-state index in [4.69, 9.17) is 5.73 Å². The van der Waals surface area contributed by atoms with Crippen LogP contribution < -0.4 is 11.1 Å². The molecule has 0 bridgehead atoms. The predicted octanol–water partition coefficient (Wildman–Crippen LogP) is 1.67. The Morgan fingerprint density at radius 1 is 1.44 bits per heavy atom. The number of benzene rings is 1. The van der Waals surface area contributed by atoms with Crippen LogP contribution in [0, 0.1) is 0 Å². The molecule has 0 spiro atoms. The summed E-state index contributed by atoms with van der Waals surface area (Å²) < 4.78 is 0. The minimum absolute atomic E-state index is 0. The predicted molar refractivity (Wildman–Crippen MR) is 67.1 cm³/mol. The van der Waals surface area contributed by atoms with E-state index in [9.17, 15) is 4.79 Å². The molecule has 0 radical (unpaired) electrons. The van der Waals surface area contributed by atoms with Gasteiger partial charge < -0.3 is 11.1 Å². The van der Waals surface area contributed by atoms with Crippen LogP contribution in [0.5, 0.6) is 0 Å². The molecule has 3 N–H and O–H groups in total. The molecule has 0 aliphatic carbocycles. The maximum absolute atomic E-state index is 11.0. The van der Waals surface area contributed by atoms with Gasteiger partial charge in [0, 0.05) is 12.1 Å². The van der Waals surface area contributed by atoms with Crippen molar-refractivity contribution >= 4 is 18.3 Å². The maximum Gasteiger partial charge on any atom is 0.248 e. The average molecular weight is 241 g/mol. The van der Waals surface area contributed by atoms with Gasteiger partial charge in [-0.15, -0.1) is 12.4 Å². The normalized spacial score (nSPS) is 19.9. The Morgan fingerprint density at radius 2 is 2.25 bits per heavy atom. The highest BCUT2D eigenvalue weighted by atomic mass is 35.5. The standard InChI is InChI=1S/C12H16N2O.ClH/c13-12(15)10-4-1-3-9(7-10)11-5-2-6-14-8-11;/h1,3-4,7,11,14H,2,5-6,8H2,(H2,13,15);1H/t11-;/m0./s1. The summed E-state index contributed by atoms with van der Waals surface area (Å²) in [5, 5.41) is 3.37. The summed E-state index contributed by atoms with van der Waals surface area (Å²) in [7, 11) is 0. The first-order chi connectivity index (χ1) is 7.27. The van der Waals surface area contributed by atoms with Gasteiger partial charge >= 0.3 is 0 Å². The molecule has 1 aliphatic rings. The highest BCUT2D eigenvalue weighted by molar-refractivity contribution is 5.92. The number of carbonyl (C=O) groups is 1. The van der Waals surface area contributed by atoms with Gasteiger partial charge in [0.15, 0.2) is 0 Å². The highest BCUT2D eigenvalue weighted by Crippen LogP contribution is 2.23. The van der Waals surface area contributed by atoms with E-state index in [1.165, 1.54) is 18.4 Å². The largest absolute Gasteiger partial charge is 0.366 e. The van der Waals surface area contributed by atoms with Gasteiger partial charge in [0.2, 0.25) is 5.91 Å². The highest BCUT2D eigenvalue weighted by Gasteiger charge is 2.15. The molecule has 0 saturated carbocycles. The van der Waals surface area contributed by atoms with Crippen molar-refractivity contribution in [3.05, 3.63) is 35.4 Å². The van der Waals surface area contributed by atoms with Crippen molar-refractivity contribution in [1.82, 2.24) is 5.32 Å². The fourth-order valence-corrected chi connectivity index (χ4v) is 2.08. The lowest BCUT2D eigenvalue weighted by Crippen LogP contribution is -2.28. The molecule has 16 heavy (non-hydrogen) atoms. The van der Waals surface area contributed by atoms with E-state index in [2.05, 4.69) is 11.4 Å². The van der Waals surface area contributed by atoms with Crippen LogP contribution in [0.1, 0.15) is 34.7 Å². The third-order valence-electron chi connectivity index (χ3n) is 2.94. The van der Waals surface area contributed by atoms with Crippen LogP contribution in [0.2, 0.25) is 0 Å². The first kappa shape index (κ1) is 13.0. The number of carbonyl (C=O) groups excluding carboxylic acids is 1. The van der Waals surface area contributed by atoms with Gasteiger partial charge in [-0.1, -0.05) is 12.1 Å². The second kappa shape index (κ2) is 5.87. The molecule has 1 aromatic rings. The molecule has 0 aromatic heterocycles. The number of hydrogen-bond acceptors (Lipinski definition) is 2. The molecule has 1 aromatic carbocycles. The van der Waals surface area contributed by atoms with Crippen LogP contribution in [-0.2, 0) is 0 Å². The number of halogens is 1. The number of piperidine rings is 1. The lowest BCUT2D eigenvalue weighted by Gasteiger charge is -2.23. The van der Waals surface area contributed by atoms with Crippen molar-refractivity contribution in [2.75, 3.05) is 13.1 Å². The monoisotopic (exact) mass is 240 g/mol. The van der Waals surface area contributed by atoms with Crippen LogP contribution in [0.25, 0.3) is 0 Å². The second-order valence-electron chi connectivity index (χ2n) is 4.03. The summed E-state index contributed by atoms with van der Waals surface area (Å²) in [6.07, 6.45) is 2.39. The fourth-order valence-electron chi connectivity index (χ4n) is 2.08. The minimum atomic E-state index is -0.347. The second-order valence-corrected chi connectivity index (χ2v) is 4.03. The molecule has 88 valence electrons. The smallest absolute Gasteiger partial charge is 0.248 e. The number of rotatable bonds is 2. The van der Waals surface area contributed by atoms with Gasteiger partial charge in [-0.05, 0) is 43.0 Å². The molecule has 1 heterocycles. The molecule has 1 fully saturated rings. The zero-order chi connectivity index (χ0) is 10.7. The van der Waals surface area contributed by atoms with Crippen LogP contribution in [0.3, 0.4) is 0 Å². The molecule has 2 rings (SSSR count). The van der Waals surface area contributed by atoms with Gasteiger partial charge in [0.1, 0.15) is 0 Å². The maximum atomic E-state index is 11.0. The Kier molecular flexibility index (Phi) is 4.77. The lowest BCUT2D eigenvalue weighted by molar-refractivity contribution is 0.1000. The summed E-state index contributed by atoms with van der Waals surface area (Å²) in [6.45, 7) is 2.11. The van der Waals surface area contributed by atoms with E-state index in [1.54, 1.807) is 6.07 Å². The van der Waals surface area contributed by atoms with E-state index in [0.29, 0.717) is 11.5 Å². The third kappa shape index (κ3) is 2.97. The molecular formula is C12H17ClN2O. The fraction of sp³-hybridized carbons (Fsp3) is 0.417. The third-order valence-corrected chi connectivity index (χ3v) is 2.94. The van der Waals surface area contributed by atoms with Crippen LogP contribution in [0.4, 0.5) is 0 Å². The Bertz CT molecular complexity index is 362. The van der Waals surface area contributed by atoms with Gasteiger partial charge in [0.05, 0.1) is 0 Å². The number of nitrogens with two attached hydrogens (primary N) is 1. The quantitative estimate of drug-likeness (QED) is 0.827. The molecule has 1 atom stereocenters. The van der Waals surface area contributed by atoms with Gasteiger partial charge in [-0.3, -0.25) is 4.79 Å². The molecule has 0 unspecified atom stereocenters. The molecule has 3 nitrogen and oxygen atoms in total. The molecular weight excluding hydrogens is 224 g/mol. The first-order valence-corrected chi connectivity index (χ1v) is 5.38. The van der Waals surface area contributed by atoms with E-state index < -0.39 is 0 Å². The minimum Gasteiger partial charge on any atom is -0.366 e. The van der Waals surface area contributed by atoms with Crippen molar-refractivity contribution in [2.45, 2.75) is 18.8 Å². The van der Waals surface area contributed by atoms with E-state index in [-0.39, 0.29) is 18.3 Å². The summed E-state index contributed by atoms with van der Waals surface area (Å²) in [4.78, 5) is 11.0. The lowest BCUT2D eigenvalue weighted by atomic mass is 9.91. The number of nitrogens with one attached hydrogen (secondary N) is 1. The zero-order valence-electron chi connectivity index (χ0n) is 9.11. The number of primary amides is 1. The van der Waals surface area contributed by atoms with Crippen molar-refractivity contribution in [2.24, 2.45) is 5.73 Å². The Morgan fingerprint density at radius 3 is 2.88 bits per heavy atom.